The molecule has 6 nitrogen and oxygen atoms in total. The summed E-state index contributed by atoms with van der Waals surface area (Å²) in [4.78, 5) is 29.3. The van der Waals surface area contributed by atoms with Crippen LogP contribution in [0.5, 0.6) is 11.5 Å². The van der Waals surface area contributed by atoms with Crippen molar-refractivity contribution < 1.29 is 18.7 Å². The first-order valence-corrected chi connectivity index (χ1v) is 13.2. The van der Waals surface area contributed by atoms with Crippen LogP contribution in [0.1, 0.15) is 65.0 Å². The molecule has 1 aromatic heterocycles. The summed E-state index contributed by atoms with van der Waals surface area (Å²) in [7, 11) is 1.53. The summed E-state index contributed by atoms with van der Waals surface area (Å²) in [5, 5.41) is 0.814. The van der Waals surface area contributed by atoms with Crippen LogP contribution in [-0.4, -0.2) is 19.6 Å². The van der Waals surface area contributed by atoms with Gasteiger partial charge in [0.1, 0.15) is 17.1 Å². The predicted octanol–water partition coefficient (Wildman–Crippen LogP) is 7.39. The van der Waals surface area contributed by atoms with Crippen LogP contribution < -0.4 is 19.8 Å². The van der Waals surface area contributed by atoms with E-state index in [0.29, 0.717) is 39.6 Å². The Kier molecular flexibility index (Phi) is 7.17. The highest BCUT2D eigenvalue weighted by molar-refractivity contribution is 6.32. The lowest BCUT2D eigenvalue weighted by Crippen LogP contribution is -2.29. The minimum Gasteiger partial charge on any atom is -0.495 e. The SMILES string of the molecule is CCCCCOc1ccc(C2c3c(oc4cc(C)c(C)cc4c3=O)C(=O)N2c2ccc(OC)c(Cl)c2)cc1. The molecule has 1 amide bonds. The molecule has 0 radical (unpaired) electrons. The summed E-state index contributed by atoms with van der Waals surface area (Å²) < 4.78 is 17.3. The first-order chi connectivity index (χ1) is 18.3. The monoisotopic (exact) mass is 531 g/mol. The highest BCUT2D eigenvalue weighted by Gasteiger charge is 2.43. The van der Waals surface area contributed by atoms with Crippen molar-refractivity contribution in [3.05, 3.63) is 97.9 Å². The van der Waals surface area contributed by atoms with E-state index in [4.69, 9.17) is 25.5 Å². The van der Waals surface area contributed by atoms with Gasteiger partial charge in [0.05, 0.1) is 35.7 Å². The molecule has 3 aromatic carbocycles. The van der Waals surface area contributed by atoms with E-state index in [2.05, 4.69) is 6.92 Å². The Bertz CT molecular complexity index is 1570. The van der Waals surface area contributed by atoms with Crippen molar-refractivity contribution >= 4 is 34.2 Å². The van der Waals surface area contributed by atoms with Gasteiger partial charge in [-0.15, -0.1) is 0 Å². The molecule has 0 saturated heterocycles. The van der Waals surface area contributed by atoms with Crippen LogP contribution in [0.4, 0.5) is 5.69 Å². The maximum atomic E-state index is 13.9. The summed E-state index contributed by atoms with van der Waals surface area (Å²) in [5.41, 5.74) is 3.76. The Labute approximate surface area is 226 Å². The number of methoxy groups -OCH3 is 1. The Morgan fingerprint density at radius 3 is 2.39 bits per heavy atom. The lowest BCUT2D eigenvalue weighted by Gasteiger charge is -2.26. The van der Waals surface area contributed by atoms with Gasteiger partial charge in [-0.25, -0.2) is 0 Å². The van der Waals surface area contributed by atoms with Crippen LogP contribution in [-0.2, 0) is 0 Å². The van der Waals surface area contributed by atoms with Gasteiger partial charge >= 0.3 is 0 Å². The molecule has 4 aromatic rings. The van der Waals surface area contributed by atoms with Crippen LogP contribution in [0.25, 0.3) is 11.0 Å². The quantitative estimate of drug-likeness (QED) is 0.222. The molecule has 0 N–H and O–H groups in total. The zero-order valence-corrected chi connectivity index (χ0v) is 22.7. The number of nitrogens with zero attached hydrogens (tertiary/aromatic N) is 1. The Balaban J connectivity index is 1.65. The molecule has 0 bridgehead atoms. The molecular formula is C31H30ClNO5. The van der Waals surface area contributed by atoms with E-state index in [1.807, 2.05) is 50.2 Å². The van der Waals surface area contributed by atoms with Crippen molar-refractivity contribution in [2.24, 2.45) is 0 Å². The molecule has 0 spiro atoms. The van der Waals surface area contributed by atoms with Crippen LogP contribution in [0, 0.1) is 13.8 Å². The number of halogens is 1. The lowest BCUT2D eigenvalue weighted by molar-refractivity contribution is 0.0971. The number of rotatable bonds is 8. The third-order valence-electron chi connectivity index (χ3n) is 7.11. The van der Waals surface area contributed by atoms with Crippen molar-refractivity contribution in [1.29, 1.82) is 0 Å². The van der Waals surface area contributed by atoms with E-state index in [1.165, 1.54) is 7.11 Å². The second-order valence-corrected chi connectivity index (χ2v) is 10.0. The largest absolute Gasteiger partial charge is 0.495 e. The summed E-state index contributed by atoms with van der Waals surface area (Å²) in [6.07, 6.45) is 3.22. The van der Waals surface area contributed by atoms with E-state index in [0.717, 1.165) is 41.7 Å². The number of carbonyl (C=O) groups is 1. The van der Waals surface area contributed by atoms with Gasteiger partial charge in [-0.3, -0.25) is 14.5 Å². The smallest absolute Gasteiger partial charge is 0.295 e. The van der Waals surface area contributed by atoms with Gasteiger partial charge in [0, 0.05) is 5.69 Å². The van der Waals surface area contributed by atoms with E-state index in [-0.39, 0.29) is 11.2 Å². The van der Waals surface area contributed by atoms with Crippen LogP contribution >= 0.6 is 11.6 Å². The number of ether oxygens (including phenoxy) is 2. The van der Waals surface area contributed by atoms with Crippen molar-refractivity contribution in [2.75, 3.05) is 18.6 Å². The molecule has 0 saturated carbocycles. The fraction of sp³-hybridized carbons (Fsp3) is 0.290. The number of hydrogen-bond donors (Lipinski definition) is 0. The average molecular weight is 532 g/mol. The number of carbonyl (C=O) groups excluding carboxylic acids is 1. The minimum absolute atomic E-state index is 0.0441. The molecular weight excluding hydrogens is 502 g/mol. The molecule has 7 heteroatoms. The predicted molar refractivity (Wildman–Crippen MR) is 150 cm³/mol. The average Bonchev–Trinajstić information content (AvgIpc) is 3.20. The highest BCUT2D eigenvalue weighted by Crippen LogP contribution is 2.43. The number of unbranched alkanes of at least 4 members (excludes halogenated alkanes) is 2. The van der Waals surface area contributed by atoms with Gasteiger partial charge in [0.2, 0.25) is 5.76 Å². The molecule has 1 aliphatic heterocycles. The Morgan fingerprint density at radius 1 is 0.974 bits per heavy atom. The number of fused-ring (bicyclic) bond motifs is 2. The summed E-state index contributed by atoms with van der Waals surface area (Å²) in [5.74, 6) is 0.877. The van der Waals surface area contributed by atoms with Crippen LogP contribution in [0.15, 0.2) is 63.8 Å². The first-order valence-electron chi connectivity index (χ1n) is 12.8. The fourth-order valence-corrected chi connectivity index (χ4v) is 5.16. The lowest BCUT2D eigenvalue weighted by atomic mass is 9.97. The van der Waals surface area contributed by atoms with Crippen molar-refractivity contribution in [3.63, 3.8) is 0 Å². The van der Waals surface area contributed by atoms with Gasteiger partial charge in [-0.1, -0.05) is 43.5 Å². The van der Waals surface area contributed by atoms with Crippen molar-refractivity contribution in [2.45, 2.75) is 46.1 Å². The third-order valence-corrected chi connectivity index (χ3v) is 7.41. The standard InChI is InChI=1S/C31H30ClNO5/c1-5-6-7-14-37-22-11-8-20(9-12-22)28-27-29(34)23-15-18(2)19(3)16-26(23)38-30(27)31(35)33(28)21-10-13-25(36-4)24(32)17-21/h8-13,15-17,28H,5-7,14H2,1-4H3. The van der Waals surface area contributed by atoms with E-state index in [9.17, 15) is 9.59 Å². The molecule has 1 aliphatic rings. The molecule has 38 heavy (non-hydrogen) atoms. The zero-order chi connectivity index (χ0) is 27.0. The van der Waals surface area contributed by atoms with E-state index in [1.54, 1.807) is 23.1 Å². The van der Waals surface area contributed by atoms with Gasteiger partial charge in [0.25, 0.3) is 5.91 Å². The summed E-state index contributed by atoms with van der Waals surface area (Å²) >= 11 is 6.44. The first kappa shape index (κ1) is 25.9. The van der Waals surface area contributed by atoms with Gasteiger partial charge in [-0.05, 0) is 79.4 Å². The zero-order valence-electron chi connectivity index (χ0n) is 22.0. The summed E-state index contributed by atoms with van der Waals surface area (Å²) in [6, 6.07) is 15.6. The van der Waals surface area contributed by atoms with Gasteiger partial charge in [-0.2, -0.15) is 0 Å². The molecule has 1 unspecified atom stereocenters. The van der Waals surface area contributed by atoms with Crippen molar-refractivity contribution in [1.82, 2.24) is 0 Å². The van der Waals surface area contributed by atoms with Crippen molar-refractivity contribution in [3.8, 4) is 11.5 Å². The fourth-order valence-electron chi connectivity index (χ4n) is 4.90. The number of benzene rings is 3. The molecule has 5 rings (SSSR count). The van der Waals surface area contributed by atoms with Crippen LogP contribution in [0.3, 0.4) is 0 Å². The van der Waals surface area contributed by atoms with Crippen LogP contribution in [0.2, 0.25) is 5.02 Å². The third kappa shape index (κ3) is 4.54. The summed E-state index contributed by atoms with van der Waals surface area (Å²) in [6.45, 7) is 6.70. The van der Waals surface area contributed by atoms with E-state index >= 15 is 0 Å². The second-order valence-electron chi connectivity index (χ2n) is 9.63. The normalized spacial score (nSPS) is 14.7. The maximum absolute atomic E-state index is 13.9. The molecule has 2 heterocycles. The maximum Gasteiger partial charge on any atom is 0.295 e. The van der Waals surface area contributed by atoms with Gasteiger partial charge in [0.15, 0.2) is 5.43 Å². The molecule has 0 aliphatic carbocycles. The number of hydrogen-bond acceptors (Lipinski definition) is 5. The Morgan fingerprint density at radius 2 is 1.71 bits per heavy atom. The van der Waals surface area contributed by atoms with Gasteiger partial charge < -0.3 is 13.9 Å². The number of amides is 1. The molecule has 196 valence electrons. The highest BCUT2D eigenvalue weighted by atomic mass is 35.5. The number of anilines is 1. The second kappa shape index (κ2) is 10.5. The Hall–Kier alpha value is -3.77. The van der Waals surface area contributed by atoms with E-state index < -0.39 is 11.9 Å². The molecule has 0 fully saturated rings. The molecule has 1 atom stereocenters. The number of aryl methyl sites for hydroxylation is 2. The topological polar surface area (TPSA) is 69.0 Å². The minimum atomic E-state index is -0.696.